The summed E-state index contributed by atoms with van der Waals surface area (Å²) in [7, 11) is 0. The van der Waals surface area contributed by atoms with Crippen molar-refractivity contribution in [3.63, 3.8) is 0 Å². The Bertz CT molecular complexity index is 2920. The third kappa shape index (κ3) is 5.71. The molecule has 0 N–H and O–H groups in total. The fourth-order valence-corrected chi connectivity index (χ4v) is 7.81. The molecule has 0 spiro atoms. The number of hydrogen-bond acceptors (Lipinski definition) is 2. The molecule has 9 aromatic carbocycles. The van der Waals surface area contributed by atoms with Gasteiger partial charge in [-0.15, -0.1) is 0 Å². The van der Waals surface area contributed by atoms with Crippen LogP contribution in [0.15, 0.2) is 217 Å². The van der Waals surface area contributed by atoms with Gasteiger partial charge in [-0.05, 0) is 98.2 Å². The molecule has 0 aliphatic rings. The highest BCUT2D eigenvalue weighted by molar-refractivity contribution is 6.09. The molecular formula is C52H35NO. The molecule has 0 bridgehead atoms. The highest BCUT2D eigenvalue weighted by Crippen LogP contribution is 2.41. The van der Waals surface area contributed by atoms with Crippen LogP contribution >= 0.6 is 0 Å². The first-order valence-electron chi connectivity index (χ1n) is 18.4. The zero-order valence-electron chi connectivity index (χ0n) is 29.6. The lowest BCUT2D eigenvalue weighted by atomic mass is 9.97. The van der Waals surface area contributed by atoms with Crippen molar-refractivity contribution in [1.29, 1.82) is 0 Å². The second-order valence-electron chi connectivity index (χ2n) is 13.7. The second-order valence-corrected chi connectivity index (χ2v) is 13.7. The van der Waals surface area contributed by atoms with Crippen LogP contribution in [0.1, 0.15) is 0 Å². The van der Waals surface area contributed by atoms with E-state index in [4.69, 9.17) is 4.42 Å². The highest BCUT2D eigenvalue weighted by Gasteiger charge is 2.16. The minimum absolute atomic E-state index is 0.908. The van der Waals surface area contributed by atoms with Crippen LogP contribution in [0.5, 0.6) is 0 Å². The molecule has 254 valence electrons. The molecule has 0 amide bonds. The van der Waals surface area contributed by atoms with Crippen LogP contribution in [-0.2, 0) is 0 Å². The SMILES string of the molecule is c1ccc(-c2ccc(N(c3ccc(-c4cccc5ccccc45)cc3)c3cccc(-c4cccc(-c5cccc6c5oc5ccccc56)c4)c3)cc2)cc1. The summed E-state index contributed by atoms with van der Waals surface area (Å²) in [6, 6.07) is 75.9. The summed E-state index contributed by atoms with van der Waals surface area (Å²) in [6.45, 7) is 0. The summed E-state index contributed by atoms with van der Waals surface area (Å²) in [5.74, 6) is 0. The van der Waals surface area contributed by atoms with Crippen molar-refractivity contribution in [3.05, 3.63) is 212 Å². The lowest BCUT2D eigenvalue weighted by molar-refractivity contribution is 0.670. The van der Waals surface area contributed by atoms with Gasteiger partial charge in [0.05, 0.1) is 0 Å². The fraction of sp³-hybridized carbons (Fsp3) is 0. The van der Waals surface area contributed by atoms with E-state index in [1.807, 2.05) is 12.1 Å². The number of rotatable bonds is 7. The molecule has 54 heavy (non-hydrogen) atoms. The molecule has 0 saturated carbocycles. The normalized spacial score (nSPS) is 11.3. The first kappa shape index (κ1) is 31.6. The first-order valence-corrected chi connectivity index (χ1v) is 18.4. The summed E-state index contributed by atoms with van der Waals surface area (Å²) in [5.41, 5.74) is 14.4. The molecule has 0 radical (unpaired) electrons. The molecule has 2 heteroatoms. The van der Waals surface area contributed by atoms with Crippen molar-refractivity contribution < 1.29 is 4.42 Å². The number of para-hydroxylation sites is 2. The topological polar surface area (TPSA) is 16.4 Å². The smallest absolute Gasteiger partial charge is 0.143 e. The minimum atomic E-state index is 0.908. The number of benzene rings is 9. The quantitative estimate of drug-likeness (QED) is 0.166. The summed E-state index contributed by atoms with van der Waals surface area (Å²) >= 11 is 0. The van der Waals surface area contributed by atoms with E-state index in [0.29, 0.717) is 0 Å². The van der Waals surface area contributed by atoms with Crippen molar-refractivity contribution in [2.45, 2.75) is 0 Å². The molecule has 2 nitrogen and oxygen atoms in total. The summed E-state index contributed by atoms with van der Waals surface area (Å²) in [6.07, 6.45) is 0. The van der Waals surface area contributed by atoms with Gasteiger partial charge in [0.25, 0.3) is 0 Å². The van der Waals surface area contributed by atoms with E-state index in [0.717, 1.165) is 61.3 Å². The Kier molecular flexibility index (Phi) is 7.85. The molecule has 0 aliphatic heterocycles. The number of fused-ring (bicyclic) bond motifs is 4. The van der Waals surface area contributed by atoms with E-state index in [9.17, 15) is 0 Å². The zero-order chi connectivity index (χ0) is 35.8. The standard InChI is InChI=1S/C52H35NO/c1-2-12-36(13-3-1)37-26-30-43(31-27-37)53(44-32-28-39(29-33-44)47-22-10-15-38-14-4-5-20-46(38)47)45-19-9-17-41(35-45)40-16-8-18-42(34-40)48-23-11-24-50-49-21-6-7-25-51(49)54-52(48)50/h1-35H. The molecule has 0 unspecified atom stereocenters. The number of hydrogen-bond donors (Lipinski definition) is 0. The monoisotopic (exact) mass is 689 g/mol. The van der Waals surface area contributed by atoms with Gasteiger partial charge in [0.15, 0.2) is 0 Å². The van der Waals surface area contributed by atoms with Gasteiger partial charge < -0.3 is 9.32 Å². The average molecular weight is 690 g/mol. The Hall–Kier alpha value is -7.16. The lowest BCUT2D eigenvalue weighted by Gasteiger charge is -2.26. The van der Waals surface area contributed by atoms with Crippen LogP contribution in [-0.4, -0.2) is 0 Å². The van der Waals surface area contributed by atoms with Crippen molar-refractivity contribution in [3.8, 4) is 44.5 Å². The Balaban J connectivity index is 1.06. The first-order chi connectivity index (χ1) is 26.8. The predicted molar refractivity (Wildman–Crippen MR) is 228 cm³/mol. The largest absolute Gasteiger partial charge is 0.455 e. The van der Waals surface area contributed by atoms with Crippen molar-refractivity contribution in [1.82, 2.24) is 0 Å². The average Bonchev–Trinajstić information content (AvgIpc) is 3.64. The van der Waals surface area contributed by atoms with E-state index >= 15 is 0 Å². The molecule has 1 aromatic heterocycles. The summed E-state index contributed by atoms with van der Waals surface area (Å²) < 4.78 is 6.42. The van der Waals surface area contributed by atoms with Gasteiger partial charge in [-0.3, -0.25) is 0 Å². The maximum atomic E-state index is 6.42. The number of nitrogens with zero attached hydrogens (tertiary/aromatic N) is 1. The molecule has 1 heterocycles. The zero-order valence-corrected chi connectivity index (χ0v) is 29.6. The molecule has 0 atom stereocenters. The van der Waals surface area contributed by atoms with Gasteiger partial charge >= 0.3 is 0 Å². The van der Waals surface area contributed by atoms with Crippen LogP contribution in [0, 0.1) is 0 Å². The highest BCUT2D eigenvalue weighted by atomic mass is 16.3. The van der Waals surface area contributed by atoms with Gasteiger partial charge in [-0.1, -0.05) is 164 Å². The maximum absolute atomic E-state index is 6.42. The van der Waals surface area contributed by atoms with Gasteiger partial charge in [-0.2, -0.15) is 0 Å². The molecular weight excluding hydrogens is 655 g/mol. The number of anilines is 3. The van der Waals surface area contributed by atoms with E-state index in [2.05, 4.69) is 205 Å². The Morgan fingerprint density at radius 1 is 0.296 bits per heavy atom. The van der Waals surface area contributed by atoms with E-state index < -0.39 is 0 Å². The van der Waals surface area contributed by atoms with Crippen molar-refractivity contribution in [2.75, 3.05) is 4.90 Å². The van der Waals surface area contributed by atoms with Gasteiger partial charge in [0, 0.05) is 33.4 Å². The maximum Gasteiger partial charge on any atom is 0.143 e. The van der Waals surface area contributed by atoms with Crippen LogP contribution < -0.4 is 4.90 Å². The van der Waals surface area contributed by atoms with E-state index in [1.54, 1.807) is 0 Å². The van der Waals surface area contributed by atoms with Gasteiger partial charge in [0.2, 0.25) is 0 Å². The third-order valence-corrected chi connectivity index (χ3v) is 10.5. The Morgan fingerprint density at radius 2 is 0.833 bits per heavy atom. The summed E-state index contributed by atoms with van der Waals surface area (Å²) in [4.78, 5) is 2.35. The lowest BCUT2D eigenvalue weighted by Crippen LogP contribution is -2.10. The fourth-order valence-electron chi connectivity index (χ4n) is 7.81. The molecule has 10 rings (SSSR count). The molecule has 0 aliphatic carbocycles. The van der Waals surface area contributed by atoms with Crippen molar-refractivity contribution in [2.24, 2.45) is 0 Å². The van der Waals surface area contributed by atoms with Gasteiger partial charge in [0.1, 0.15) is 11.2 Å². The van der Waals surface area contributed by atoms with Crippen molar-refractivity contribution >= 4 is 49.8 Å². The number of furan rings is 1. The molecule has 10 aromatic rings. The van der Waals surface area contributed by atoms with E-state index in [-0.39, 0.29) is 0 Å². The minimum Gasteiger partial charge on any atom is -0.455 e. The van der Waals surface area contributed by atoms with Crippen LogP contribution in [0.2, 0.25) is 0 Å². The van der Waals surface area contributed by atoms with Crippen LogP contribution in [0.25, 0.3) is 77.2 Å². The van der Waals surface area contributed by atoms with Gasteiger partial charge in [-0.25, -0.2) is 0 Å². The Morgan fingerprint density at radius 3 is 1.65 bits per heavy atom. The van der Waals surface area contributed by atoms with Crippen LogP contribution in [0.4, 0.5) is 17.1 Å². The van der Waals surface area contributed by atoms with Crippen LogP contribution in [0.3, 0.4) is 0 Å². The Labute approximate surface area is 314 Å². The summed E-state index contributed by atoms with van der Waals surface area (Å²) in [5, 5.41) is 4.78. The molecule has 0 saturated heterocycles. The predicted octanol–water partition coefficient (Wildman–Crippen LogP) is 14.9. The van der Waals surface area contributed by atoms with E-state index in [1.165, 1.54) is 33.0 Å². The second kappa shape index (κ2) is 13.4. The third-order valence-electron chi connectivity index (χ3n) is 10.5. The molecule has 0 fully saturated rings.